The van der Waals surface area contributed by atoms with Crippen LogP contribution in [0.5, 0.6) is 11.5 Å². The van der Waals surface area contributed by atoms with Crippen LogP contribution in [0.1, 0.15) is 34.0 Å². The van der Waals surface area contributed by atoms with Gasteiger partial charge >= 0.3 is 0 Å². The van der Waals surface area contributed by atoms with Crippen LogP contribution in [0, 0.1) is 0 Å². The molecule has 5 nitrogen and oxygen atoms in total. The summed E-state index contributed by atoms with van der Waals surface area (Å²) in [5.41, 5.74) is 3.41. The summed E-state index contributed by atoms with van der Waals surface area (Å²) < 4.78 is 17.5. The van der Waals surface area contributed by atoms with E-state index in [4.69, 9.17) is 19.3 Å². The molecule has 0 aliphatic heterocycles. The SMILES string of the molecule is CC(=O)c1c(CCOCCO)cc(OCc2ccccc2)cc1OCc1ccccc1. The highest BCUT2D eigenvalue weighted by Gasteiger charge is 2.17. The van der Waals surface area contributed by atoms with E-state index in [1.807, 2.05) is 66.7 Å². The van der Waals surface area contributed by atoms with Gasteiger partial charge in [-0.15, -0.1) is 0 Å². The van der Waals surface area contributed by atoms with Crippen LogP contribution in [-0.4, -0.2) is 30.7 Å². The summed E-state index contributed by atoms with van der Waals surface area (Å²) in [6, 6.07) is 23.4. The lowest BCUT2D eigenvalue weighted by Gasteiger charge is -2.17. The second kappa shape index (κ2) is 11.9. The second-order valence-electron chi connectivity index (χ2n) is 7.15. The Morgan fingerprint density at radius 3 is 2.03 bits per heavy atom. The zero-order valence-electron chi connectivity index (χ0n) is 17.8. The van der Waals surface area contributed by atoms with Crippen molar-refractivity contribution in [3.8, 4) is 11.5 Å². The lowest BCUT2D eigenvalue weighted by molar-refractivity contribution is 0.0936. The maximum atomic E-state index is 12.5. The Hall–Kier alpha value is -3.15. The van der Waals surface area contributed by atoms with Gasteiger partial charge in [0.25, 0.3) is 0 Å². The molecule has 0 fully saturated rings. The van der Waals surface area contributed by atoms with E-state index in [2.05, 4.69) is 0 Å². The highest BCUT2D eigenvalue weighted by atomic mass is 16.5. The van der Waals surface area contributed by atoms with E-state index in [-0.39, 0.29) is 19.0 Å². The van der Waals surface area contributed by atoms with Crippen LogP contribution in [0.4, 0.5) is 0 Å². The predicted molar refractivity (Wildman–Crippen MR) is 120 cm³/mol. The first-order chi connectivity index (χ1) is 15.2. The molecule has 3 aromatic carbocycles. The topological polar surface area (TPSA) is 65.0 Å². The fraction of sp³-hybridized carbons (Fsp3) is 0.269. The summed E-state index contributed by atoms with van der Waals surface area (Å²) in [7, 11) is 0. The standard InChI is InChI=1S/C26H28O5/c1-20(28)26-23(12-14-29-15-13-27)16-24(30-18-21-8-4-2-5-9-21)17-25(26)31-19-22-10-6-3-7-11-22/h2-11,16-17,27H,12-15,18-19H2,1H3. The van der Waals surface area contributed by atoms with Gasteiger partial charge in [0.05, 0.1) is 25.4 Å². The summed E-state index contributed by atoms with van der Waals surface area (Å²) in [4.78, 5) is 12.5. The Kier molecular flexibility index (Phi) is 8.64. The first-order valence-electron chi connectivity index (χ1n) is 10.4. The van der Waals surface area contributed by atoms with E-state index in [1.165, 1.54) is 6.92 Å². The molecular formula is C26H28O5. The van der Waals surface area contributed by atoms with Gasteiger partial charge in [0.2, 0.25) is 0 Å². The van der Waals surface area contributed by atoms with Gasteiger partial charge in [-0.25, -0.2) is 0 Å². The van der Waals surface area contributed by atoms with E-state index in [9.17, 15) is 4.79 Å². The molecule has 5 heteroatoms. The third-order valence-electron chi connectivity index (χ3n) is 4.75. The van der Waals surface area contributed by atoms with Crippen LogP contribution in [0.25, 0.3) is 0 Å². The van der Waals surface area contributed by atoms with Crippen molar-refractivity contribution in [2.75, 3.05) is 19.8 Å². The number of hydrogen-bond acceptors (Lipinski definition) is 5. The minimum Gasteiger partial charge on any atom is -0.489 e. The summed E-state index contributed by atoms with van der Waals surface area (Å²) in [6.45, 7) is 2.92. The third-order valence-corrected chi connectivity index (χ3v) is 4.75. The van der Waals surface area contributed by atoms with Crippen molar-refractivity contribution in [3.63, 3.8) is 0 Å². The van der Waals surface area contributed by atoms with Gasteiger partial charge in [-0.1, -0.05) is 60.7 Å². The Balaban J connectivity index is 1.85. The molecule has 0 saturated carbocycles. The Labute approximate surface area is 183 Å². The molecule has 0 saturated heterocycles. The number of rotatable bonds is 12. The van der Waals surface area contributed by atoms with Crippen molar-refractivity contribution in [1.29, 1.82) is 0 Å². The molecule has 31 heavy (non-hydrogen) atoms. The summed E-state index contributed by atoms with van der Waals surface area (Å²) in [6.07, 6.45) is 0.513. The first kappa shape index (κ1) is 22.5. The molecule has 0 heterocycles. The van der Waals surface area contributed by atoms with Crippen molar-refractivity contribution in [1.82, 2.24) is 0 Å². The number of Topliss-reactive ketones (excluding diaryl/α,β-unsaturated/α-hetero) is 1. The van der Waals surface area contributed by atoms with Crippen molar-refractivity contribution >= 4 is 5.78 Å². The molecule has 0 unspecified atom stereocenters. The number of benzene rings is 3. The number of carbonyl (C=O) groups is 1. The maximum absolute atomic E-state index is 12.5. The highest BCUT2D eigenvalue weighted by molar-refractivity contribution is 5.98. The van der Waals surface area contributed by atoms with Gasteiger partial charge in [-0.2, -0.15) is 0 Å². The second-order valence-corrected chi connectivity index (χ2v) is 7.15. The van der Waals surface area contributed by atoms with Crippen molar-refractivity contribution in [2.24, 2.45) is 0 Å². The van der Waals surface area contributed by atoms with Crippen molar-refractivity contribution in [3.05, 3.63) is 95.1 Å². The summed E-state index contributed by atoms with van der Waals surface area (Å²) in [5.74, 6) is 1.06. The molecule has 0 spiro atoms. The molecule has 0 aromatic heterocycles. The Bertz CT molecular complexity index is 954. The summed E-state index contributed by atoms with van der Waals surface area (Å²) in [5, 5.41) is 8.93. The van der Waals surface area contributed by atoms with Gasteiger partial charge in [-0.3, -0.25) is 4.79 Å². The molecule has 3 rings (SSSR count). The predicted octanol–water partition coefficient (Wildman–Crippen LogP) is 4.60. The van der Waals surface area contributed by atoms with Gasteiger partial charge in [0.1, 0.15) is 24.7 Å². The van der Waals surface area contributed by atoms with E-state index < -0.39 is 0 Å². The molecule has 162 valence electrons. The van der Waals surface area contributed by atoms with Crippen LogP contribution < -0.4 is 9.47 Å². The summed E-state index contributed by atoms with van der Waals surface area (Å²) >= 11 is 0. The monoisotopic (exact) mass is 420 g/mol. The number of ether oxygens (including phenoxy) is 3. The smallest absolute Gasteiger partial charge is 0.163 e. The van der Waals surface area contributed by atoms with Crippen molar-refractivity contribution in [2.45, 2.75) is 26.6 Å². The normalized spacial score (nSPS) is 10.6. The van der Waals surface area contributed by atoms with Crippen LogP contribution in [0.2, 0.25) is 0 Å². The Morgan fingerprint density at radius 2 is 1.45 bits per heavy atom. The average molecular weight is 421 g/mol. The zero-order chi connectivity index (χ0) is 21.9. The van der Waals surface area contributed by atoms with E-state index in [1.54, 1.807) is 6.07 Å². The third kappa shape index (κ3) is 6.95. The molecular weight excluding hydrogens is 392 g/mol. The fourth-order valence-electron chi connectivity index (χ4n) is 3.26. The molecule has 3 aromatic rings. The van der Waals surface area contributed by atoms with Crippen LogP contribution in [0.15, 0.2) is 72.8 Å². The average Bonchev–Trinajstić information content (AvgIpc) is 2.80. The highest BCUT2D eigenvalue weighted by Crippen LogP contribution is 2.31. The molecule has 0 amide bonds. The zero-order valence-corrected chi connectivity index (χ0v) is 17.8. The van der Waals surface area contributed by atoms with Gasteiger partial charge in [0.15, 0.2) is 5.78 Å². The molecule has 0 bridgehead atoms. The number of hydrogen-bond donors (Lipinski definition) is 1. The van der Waals surface area contributed by atoms with Gasteiger partial charge in [-0.05, 0) is 36.1 Å². The van der Waals surface area contributed by atoms with Crippen LogP contribution in [-0.2, 0) is 24.4 Å². The Morgan fingerprint density at radius 1 is 0.839 bits per heavy atom. The lowest BCUT2D eigenvalue weighted by Crippen LogP contribution is -2.10. The number of aliphatic hydroxyl groups excluding tert-OH is 1. The van der Waals surface area contributed by atoms with E-state index >= 15 is 0 Å². The molecule has 1 N–H and O–H groups in total. The largest absolute Gasteiger partial charge is 0.489 e. The fourth-order valence-corrected chi connectivity index (χ4v) is 3.26. The minimum atomic E-state index is -0.0742. The van der Waals surface area contributed by atoms with Crippen LogP contribution >= 0.6 is 0 Å². The van der Waals surface area contributed by atoms with Crippen molar-refractivity contribution < 1.29 is 24.1 Å². The van der Waals surface area contributed by atoms with Crippen LogP contribution in [0.3, 0.4) is 0 Å². The molecule has 0 atom stereocenters. The molecule has 0 radical (unpaired) electrons. The van der Waals surface area contributed by atoms with Gasteiger partial charge < -0.3 is 19.3 Å². The first-order valence-corrected chi connectivity index (χ1v) is 10.4. The number of ketones is 1. The van der Waals surface area contributed by atoms with E-state index in [0.29, 0.717) is 43.3 Å². The maximum Gasteiger partial charge on any atom is 0.163 e. The number of aliphatic hydroxyl groups is 1. The quantitative estimate of drug-likeness (QED) is 0.343. The number of carbonyl (C=O) groups excluding carboxylic acids is 1. The molecule has 0 aliphatic rings. The van der Waals surface area contributed by atoms with E-state index in [0.717, 1.165) is 16.7 Å². The van der Waals surface area contributed by atoms with Gasteiger partial charge in [0, 0.05) is 6.07 Å². The molecule has 0 aliphatic carbocycles. The minimum absolute atomic E-state index is 0.0365. The lowest BCUT2D eigenvalue weighted by atomic mass is 10.00.